The molecular formula is C17H15NO5. The van der Waals surface area contributed by atoms with Crippen molar-refractivity contribution in [2.45, 2.75) is 6.54 Å². The number of ketones is 1. The summed E-state index contributed by atoms with van der Waals surface area (Å²) in [5, 5.41) is 0. The lowest BCUT2D eigenvalue weighted by Gasteiger charge is -2.09. The Labute approximate surface area is 132 Å². The Bertz CT molecular complexity index is 874. The number of Topliss-reactive ketones (excluding diaryl/α,β-unsaturated/α-hetero) is 1. The van der Waals surface area contributed by atoms with Crippen LogP contribution in [0.15, 0.2) is 47.1 Å². The molecular weight excluding hydrogens is 298 g/mol. The Kier molecular flexibility index (Phi) is 3.89. The zero-order valence-electron chi connectivity index (χ0n) is 12.7. The number of methoxy groups -OCH3 is 2. The van der Waals surface area contributed by atoms with Crippen LogP contribution in [-0.4, -0.2) is 30.5 Å². The van der Waals surface area contributed by atoms with Crippen LogP contribution in [0.1, 0.15) is 20.8 Å². The van der Waals surface area contributed by atoms with Gasteiger partial charge >= 0.3 is 5.97 Å². The fraction of sp³-hybridized carbons (Fsp3) is 0.176. The number of ether oxygens (including phenoxy) is 2. The third-order valence-electron chi connectivity index (χ3n) is 3.61. The second-order valence-corrected chi connectivity index (χ2v) is 4.93. The summed E-state index contributed by atoms with van der Waals surface area (Å²) in [4.78, 5) is 24.5. The molecule has 6 nitrogen and oxygen atoms in total. The van der Waals surface area contributed by atoms with Gasteiger partial charge in [0.25, 0.3) is 0 Å². The van der Waals surface area contributed by atoms with Gasteiger partial charge in [-0.05, 0) is 12.1 Å². The number of rotatable bonds is 5. The van der Waals surface area contributed by atoms with Crippen molar-refractivity contribution in [3.05, 3.63) is 53.9 Å². The number of aromatic nitrogens is 1. The third-order valence-corrected chi connectivity index (χ3v) is 3.61. The van der Waals surface area contributed by atoms with Crippen LogP contribution in [0.3, 0.4) is 0 Å². The van der Waals surface area contributed by atoms with Crippen molar-refractivity contribution in [1.82, 2.24) is 4.57 Å². The van der Waals surface area contributed by atoms with E-state index in [1.54, 1.807) is 48.1 Å². The second-order valence-electron chi connectivity index (χ2n) is 4.93. The quantitative estimate of drug-likeness (QED) is 0.535. The number of benzene rings is 1. The molecule has 3 aromatic rings. The lowest BCUT2D eigenvalue weighted by atomic mass is 10.1. The number of carbonyl (C=O) groups is 2. The van der Waals surface area contributed by atoms with Crippen molar-refractivity contribution in [3.63, 3.8) is 0 Å². The van der Waals surface area contributed by atoms with E-state index in [2.05, 4.69) is 0 Å². The van der Waals surface area contributed by atoms with E-state index in [0.717, 1.165) is 0 Å². The molecule has 0 fully saturated rings. The standard InChI is InChI=1S/C17H15NO5/c1-21-12-5-3-4-11(8-12)15(19)10-18-13-6-7-23-16(13)9-14(18)17(20)22-2/h3-9H,10H2,1-2H3. The summed E-state index contributed by atoms with van der Waals surface area (Å²) in [7, 11) is 2.84. The molecule has 0 unspecified atom stereocenters. The number of esters is 1. The molecule has 0 radical (unpaired) electrons. The molecule has 118 valence electrons. The summed E-state index contributed by atoms with van der Waals surface area (Å²) in [6.45, 7) is 0.000629. The number of furan rings is 1. The first-order valence-electron chi connectivity index (χ1n) is 6.96. The number of hydrogen-bond acceptors (Lipinski definition) is 5. The van der Waals surface area contributed by atoms with E-state index in [4.69, 9.17) is 13.9 Å². The van der Waals surface area contributed by atoms with Gasteiger partial charge in [-0.1, -0.05) is 12.1 Å². The summed E-state index contributed by atoms with van der Waals surface area (Å²) in [6, 6.07) is 10.2. The molecule has 0 spiro atoms. The summed E-state index contributed by atoms with van der Waals surface area (Å²) >= 11 is 0. The van der Waals surface area contributed by atoms with Gasteiger partial charge in [-0.3, -0.25) is 4.79 Å². The molecule has 1 aromatic carbocycles. The van der Waals surface area contributed by atoms with Gasteiger partial charge in [-0.2, -0.15) is 0 Å². The van der Waals surface area contributed by atoms with E-state index in [0.29, 0.717) is 22.4 Å². The Morgan fingerprint density at radius 1 is 1.17 bits per heavy atom. The highest BCUT2D eigenvalue weighted by atomic mass is 16.5. The zero-order valence-corrected chi connectivity index (χ0v) is 12.7. The van der Waals surface area contributed by atoms with Gasteiger partial charge in [-0.15, -0.1) is 0 Å². The Morgan fingerprint density at radius 2 is 2.00 bits per heavy atom. The Hall–Kier alpha value is -3.02. The minimum absolute atomic E-state index is 0.000629. The van der Waals surface area contributed by atoms with E-state index in [1.165, 1.54) is 13.4 Å². The second kappa shape index (κ2) is 6.00. The maximum atomic E-state index is 12.5. The van der Waals surface area contributed by atoms with E-state index >= 15 is 0 Å². The van der Waals surface area contributed by atoms with Crippen LogP contribution < -0.4 is 4.74 Å². The molecule has 2 aromatic heterocycles. The lowest BCUT2D eigenvalue weighted by Crippen LogP contribution is -2.16. The summed E-state index contributed by atoms with van der Waals surface area (Å²) in [5.74, 6) is -0.0624. The van der Waals surface area contributed by atoms with Crippen molar-refractivity contribution >= 4 is 22.9 Å². The van der Waals surface area contributed by atoms with Gasteiger partial charge in [0.15, 0.2) is 11.4 Å². The highest BCUT2D eigenvalue weighted by molar-refractivity contribution is 5.99. The molecule has 0 aliphatic heterocycles. The molecule has 0 N–H and O–H groups in total. The van der Waals surface area contributed by atoms with E-state index < -0.39 is 5.97 Å². The van der Waals surface area contributed by atoms with Crippen LogP contribution in [0, 0.1) is 0 Å². The zero-order chi connectivity index (χ0) is 16.4. The minimum atomic E-state index is -0.519. The summed E-state index contributed by atoms with van der Waals surface area (Å²) < 4.78 is 16.8. The average Bonchev–Trinajstić information content (AvgIpc) is 3.16. The number of hydrogen-bond donors (Lipinski definition) is 0. The topological polar surface area (TPSA) is 70.7 Å². The summed E-state index contributed by atoms with van der Waals surface area (Å²) in [6.07, 6.45) is 1.51. The van der Waals surface area contributed by atoms with Crippen LogP contribution in [-0.2, 0) is 11.3 Å². The first-order valence-corrected chi connectivity index (χ1v) is 6.96. The molecule has 3 rings (SSSR count). The van der Waals surface area contributed by atoms with Crippen LogP contribution in [0.4, 0.5) is 0 Å². The van der Waals surface area contributed by atoms with E-state index in [1.807, 2.05) is 0 Å². The molecule has 0 aliphatic rings. The van der Waals surface area contributed by atoms with Gasteiger partial charge in [0.05, 0.1) is 32.5 Å². The van der Waals surface area contributed by atoms with Crippen molar-refractivity contribution in [1.29, 1.82) is 0 Å². The highest BCUT2D eigenvalue weighted by Crippen LogP contribution is 2.23. The first-order chi connectivity index (χ1) is 11.1. The smallest absolute Gasteiger partial charge is 0.354 e. The highest BCUT2D eigenvalue weighted by Gasteiger charge is 2.20. The largest absolute Gasteiger partial charge is 0.497 e. The van der Waals surface area contributed by atoms with Gasteiger partial charge in [0, 0.05) is 17.7 Å². The molecule has 0 saturated carbocycles. The maximum absolute atomic E-state index is 12.5. The number of fused-ring (bicyclic) bond motifs is 1. The maximum Gasteiger partial charge on any atom is 0.354 e. The van der Waals surface area contributed by atoms with Crippen molar-refractivity contribution < 1.29 is 23.5 Å². The monoisotopic (exact) mass is 313 g/mol. The van der Waals surface area contributed by atoms with Crippen molar-refractivity contribution in [3.8, 4) is 5.75 Å². The molecule has 0 amide bonds. The van der Waals surface area contributed by atoms with E-state index in [-0.39, 0.29) is 18.0 Å². The fourth-order valence-electron chi connectivity index (χ4n) is 2.45. The molecule has 2 heterocycles. The molecule has 0 saturated heterocycles. The van der Waals surface area contributed by atoms with Crippen molar-refractivity contribution in [2.24, 2.45) is 0 Å². The Balaban J connectivity index is 1.98. The fourth-order valence-corrected chi connectivity index (χ4v) is 2.45. The third kappa shape index (κ3) is 2.70. The van der Waals surface area contributed by atoms with Gasteiger partial charge < -0.3 is 18.5 Å². The van der Waals surface area contributed by atoms with Gasteiger partial charge in [0.1, 0.15) is 11.4 Å². The molecule has 0 atom stereocenters. The predicted octanol–water partition coefficient (Wildman–Crippen LogP) is 2.91. The lowest BCUT2D eigenvalue weighted by molar-refractivity contribution is 0.0589. The van der Waals surface area contributed by atoms with Crippen LogP contribution >= 0.6 is 0 Å². The first kappa shape index (κ1) is 14.9. The average molecular weight is 313 g/mol. The van der Waals surface area contributed by atoms with Crippen LogP contribution in [0.25, 0.3) is 11.1 Å². The normalized spacial score (nSPS) is 10.7. The van der Waals surface area contributed by atoms with Crippen LogP contribution in [0.5, 0.6) is 5.75 Å². The summed E-state index contributed by atoms with van der Waals surface area (Å²) in [5.41, 5.74) is 1.98. The molecule has 6 heteroatoms. The van der Waals surface area contributed by atoms with E-state index in [9.17, 15) is 9.59 Å². The molecule has 0 aliphatic carbocycles. The van der Waals surface area contributed by atoms with Crippen LogP contribution in [0.2, 0.25) is 0 Å². The minimum Gasteiger partial charge on any atom is -0.497 e. The SMILES string of the molecule is COC(=O)c1cc2occc2n1CC(=O)c1cccc(OC)c1. The number of carbonyl (C=O) groups excluding carboxylic acids is 2. The molecule has 23 heavy (non-hydrogen) atoms. The number of nitrogens with zero attached hydrogens (tertiary/aromatic N) is 1. The Morgan fingerprint density at radius 3 is 2.74 bits per heavy atom. The van der Waals surface area contributed by atoms with Gasteiger partial charge in [-0.25, -0.2) is 4.79 Å². The van der Waals surface area contributed by atoms with Crippen molar-refractivity contribution in [2.75, 3.05) is 14.2 Å². The predicted molar refractivity (Wildman–Crippen MR) is 82.9 cm³/mol. The van der Waals surface area contributed by atoms with Gasteiger partial charge in [0.2, 0.25) is 0 Å². The molecule has 0 bridgehead atoms.